The van der Waals surface area contributed by atoms with Crippen LogP contribution in [0.5, 0.6) is 0 Å². The molecule has 0 heterocycles. The van der Waals surface area contributed by atoms with Gasteiger partial charge in [0.15, 0.2) is 0 Å². The Labute approximate surface area is 83.4 Å². The molecule has 3 rings (SSSR count). The Morgan fingerprint density at radius 3 is 1.79 bits per heavy atom. The lowest BCUT2D eigenvalue weighted by Crippen LogP contribution is -2.22. The van der Waals surface area contributed by atoms with Crippen molar-refractivity contribution >= 4 is 0 Å². The third-order valence-electron chi connectivity index (χ3n) is 3.20. The van der Waals surface area contributed by atoms with E-state index in [0.29, 0.717) is 0 Å². The van der Waals surface area contributed by atoms with E-state index in [1.54, 1.807) is 0 Å². The number of hydrogen-bond acceptors (Lipinski definition) is 1. The van der Waals surface area contributed by atoms with Gasteiger partial charge in [0, 0.05) is 11.8 Å². The summed E-state index contributed by atoms with van der Waals surface area (Å²) in [4.78, 5) is 0. The van der Waals surface area contributed by atoms with Gasteiger partial charge in [-0.1, -0.05) is 48.6 Å². The van der Waals surface area contributed by atoms with E-state index >= 15 is 0 Å². The molecule has 2 unspecified atom stereocenters. The highest BCUT2D eigenvalue weighted by Crippen LogP contribution is 2.42. The van der Waals surface area contributed by atoms with Gasteiger partial charge in [0.1, 0.15) is 0 Å². The minimum atomic E-state index is -0.276. The Kier molecular flexibility index (Phi) is 1.62. The predicted octanol–water partition coefficient (Wildman–Crippen LogP) is 2.14. The molecule has 1 nitrogen and oxygen atoms in total. The van der Waals surface area contributed by atoms with Crippen LogP contribution in [0.2, 0.25) is 0 Å². The highest BCUT2D eigenvalue weighted by atomic mass is 16.3. The molecule has 0 aromatic carbocycles. The topological polar surface area (TPSA) is 20.2 Å². The maximum absolute atomic E-state index is 10.1. The Morgan fingerprint density at radius 2 is 1.29 bits per heavy atom. The fraction of sp³-hybridized carbons (Fsp3) is 0.231. The SMILES string of the molecule is OC1C2C=CC=CC2=C2C=CC=CC21. The normalized spacial score (nSPS) is 37.6. The zero-order valence-corrected chi connectivity index (χ0v) is 7.80. The first-order valence-corrected chi connectivity index (χ1v) is 5.00. The first kappa shape index (κ1) is 8.01. The summed E-state index contributed by atoms with van der Waals surface area (Å²) in [7, 11) is 0. The summed E-state index contributed by atoms with van der Waals surface area (Å²) < 4.78 is 0. The van der Waals surface area contributed by atoms with E-state index in [4.69, 9.17) is 0 Å². The number of hydrogen-bond donors (Lipinski definition) is 1. The Morgan fingerprint density at radius 1 is 0.786 bits per heavy atom. The van der Waals surface area contributed by atoms with Crippen LogP contribution in [-0.4, -0.2) is 11.2 Å². The van der Waals surface area contributed by atoms with Crippen molar-refractivity contribution in [3.8, 4) is 0 Å². The molecule has 0 saturated carbocycles. The van der Waals surface area contributed by atoms with Crippen LogP contribution in [0, 0.1) is 11.8 Å². The summed E-state index contributed by atoms with van der Waals surface area (Å²) in [5, 5.41) is 10.1. The molecule has 2 atom stereocenters. The van der Waals surface area contributed by atoms with E-state index in [0.717, 1.165) is 0 Å². The van der Waals surface area contributed by atoms with Crippen molar-refractivity contribution in [3.05, 3.63) is 59.8 Å². The van der Waals surface area contributed by atoms with Gasteiger partial charge >= 0.3 is 0 Å². The van der Waals surface area contributed by atoms with Gasteiger partial charge in [-0.15, -0.1) is 0 Å². The molecule has 0 aliphatic heterocycles. The monoisotopic (exact) mass is 184 g/mol. The maximum atomic E-state index is 10.1. The van der Waals surface area contributed by atoms with Crippen molar-refractivity contribution in [2.24, 2.45) is 11.8 Å². The first-order valence-electron chi connectivity index (χ1n) is 5.00. The van der Waals surface area contributed by atoms with E-state index in [1.165, 1.54) is 11.1 Å². The largest absolute Gasteiger partial charge is 0.391 e. The minimum absolute atomic E-state index is 0.201. The Bertz CT molecular complexity index is 369. The lowest BCUT2D eigenvalue weighted by molar-refractivity contribution is 0.131. The average molecular weight is 184 g/mol. The smallest absolute Gasteiger partial charge is 0.0746 e. The predicted molar refractivity (Wildman–Crippen MR) is 56.6 cm³/mol. The fourth-order valence-electron chi connectivity index (χ4n) is 2.51. The molecule has 0 spiro atoms. The lowest BCUT2D eigenvalue weighted by atomic mass is 9.92. The van der Waals surface area contributed by atoms with Crippen molar-refractivity contribution in [2.75, 3.05) is 0 Å². The second-order valence-corrected chi connectivity index (χ2v) is 3.94. The van der Waals surface area contributed by atoms with Crippen LogP contribution >= 0.6 is 0 Å². The van der Waals surface area contributed by atoms with Crippen molar-refractivity contribution in [3.63, 3.8) is 0 Å². The van der Waals surface area contributed by atoms with Crippen molar-refractivity contribution < 1.29 is 5.11 Å². The van der Waals surface area contributed by atoms with Crippen LogP contribution in [0.15, 0.2) is 59.8 Å². The van der Waals surface area contributed by atoms with Crippen LogP contribution in [0.3, 0.4) is 0 Å². The zero-order valence-electron chi connectivity index (χ0n) is 7.80. The Balaban J connectivity index is 2.14. The molecule has 3 aliphatic carbocycles. The summed E-state index contributed by atoms with van der Waals surface area (Å²) in [6.45, 7) is 0. The van der Waals surface area contributed by atoms with E-state index in [-0.39, 0.29) is 17.9 Å². The quantitative estimate of drug-likeness (QED) is 0.611. The molecule has 0 amide bonds. The van der Waals surface area contributed by atoms with Crippen LogP contribution in [0.1, 0.15) is 0 Å². The average Bonchev–Trinajstić information content (AvgIpc) is 2.55. The van der Waals surface area contributed by atoms with Gasteiger partial charge in [-0.25, -0.2) is 0 Å². The molecule has 70 valence electrons. The third-order valence-corrected chi connectivity index (χ3v) is 3.20. The molecule has 1 heteroatoms. The number of fused-ring (bicyclic) bond motifs is 2. The van der Waals surface area contributed by atoms with E-state index < -0.39 is 0 Å². The van der Waals surface area contributed by atoms with Gasteiger partial charge in [-0.2, -0.15) is 0 Å². The van der Waals surface area contributed by atoms with Gasteiger partial charge in [0.05, 0.1) is 6.10 Å². The van der Waals surface area contributed by atoms with E-state index in [1.807, 2.05) is 24.3 Å². The van der Waals surface area contributed by atoms with Crippen molar-refractivity contribution in [1.29, 1.82) is 0 Å². The minimum Gasteiger partial charge on any atom is -0.391 e. The molecule has 0 radical (unpaired) electrons. The van der Waals surface area contributed by atoms with Gasteiger partial charge in [0.2, 0.25) is 0 Å². The van der Waals surface area contributed by atoms with Crippen molar-refractivity contribution in [1.82, 2.24) is 0 Å². The molecule has 0 aromatic heterocycles. The second kappa shape index (κ2) is 2.82. The summed E-state index contributed by atoms with van der Waals surface area (Å²) in [5.74, 6) is 0.403. The van der Waals surface area contributed by atoms with E-state index in [9.17, 15) is 5.11 Å². The van der Waals surface area contributed by atoms with Gasteiger partial charge < -0.3 is 5.11 Å². The summed E-state index contributed by atoms with van der Waals surface area (Å²) in [5.41, 5.74) is 2.57. The molecule has 0 saturated heterocycles. The first-order chi connectivity index (χ1) is 6.88. The summed E-state index contributed by atoms with van der Waals surface area (Å²) in [6, 6.07) is 0. The van der Waals surface area contributed by atoms with Crippen LogP contribution in [0.25, 0.3) is 0 Å². The maximum Gasteiger partial charge on any atom is 0.0746 e. The highest BCUT2D eigenvalue weighted by molar-refractivity contribution is 5.51. The molecule has 0 aromatic rings. The molecule has 0 bridgehead atoms. The van der Waals surface area contributed by atoms with E-state index in [2.05, 4.69) is 24.3 Å². The number of rotatable bonds is 0. The lowest BCUT2D eigenvalue weighted by Gasteiger charge is -2.18. The number of aliphatic hydroxyl groups excluding tert-OH is 1. The van der Waals surface area contributed by atoms with Gasteiger partial charge in [-0.3, -0.25) is 0 Å². The second-order valence-electron chi connectivity index (χ2n) is 3.94. The van der Waals surface area contributed by atoms with Crippen LogP contribution < -0.4 is 0 Å². The summed E-state index contributed by atoms with van der Waals surface area (Å²) >= 11 is 0. The molecular formula is C13H12O. The molecular weight excluding hydrogens is 172 g/mol. The van der Waals surface area contributed by atoms with Crippen LogP contribution in [0.4, 0.5) is 0 Å². The molecule has 1 N–H and O–H groups in total. The molecule has 14 heavy (non-hydrogen) atoms. The van der Waals surface area contributed by atoms with Crippen LogP contribution in [-0.2, 0) is 0 Å². The number of aliphatic hydroxyl groups is 1. The molecule has 0 fully saturated rings. The van der Waals surface area contributed by atoms with Gasteiger partial charge in [0.25, 0.3) is 0 Å². The van der Waals surface area contributed by atoms with Crippen molar-refractivity contribution in [2.45, 2.75) is 6.10 Å². The standard InChI is InChI=1S/C13H12O/c14-13-11-7-3-1-5-9(11)10-6-2-4-8-12(10)13/h1-8,11-14H. The fourth-order valence-corrected chi connectivity index (χ4v) is 2.51. The molecule has 3 aliphatic rings. The number of allylic oxidation sites excluding steroid dienone is 6. The summed E-state index contributed by atoms with van der Waals surface area (Å²) in [6.07, 6.45) is 16.3. The third kappa shape index (κ3) is 0.933. The zero-order chi connectivity index (χ0) is 9.54. The highest BCUT2D eigenvalue weighted by Gasteiger charge is 2.37. The Hall–Kier alpha value is -1.34. The van der Waals surface area contributed by atoms with Gasteiger partial charge in [-0.05, 0) is 11.1 Å².